The fourth-order valence-electron chi connectivity index (χ4n) is 4.69. The highest BCUT2D eigenvalue weighted by Gasteiger charge is 2.42. The van der Waals surface area contributed by atoms with Crippen molar-refractivity contribution in [2.24, 2.45) is 0 Å². The number of carbonyl (C=O) groups excluding carboxylic acids is 3. The summed E-state index contributed by atoms with van der Waals surface area (Å²) in [4.78, 5) is 52.3. The molecule has 0 spiro atoms. The lowest BCUT2D eigenvalue weighted by Gasteiger charge is -2.42. The number of benzene rings is 2. The van der Waals surface area contributed by atoms with Gasteiger partial charge in [-0.05, 0) is 72.1 Å². The maximum absolute atomic E-state index is 13.7. The number of fused-ring (bicyclic) bond motifs is 1. The van der Waals surface area contributed by atoms with Crippen LogP contribution >= 0.6 is 0 Å². The lowest BCUT2D eigenvalue weighted by atomic mass is 9.97. The Morgan fingerprint density at radius 3 is 2.29 bits per heavy atom. The fourth-order valence-corrected chi connectivity index (χ4v) is 4.69. The van der Waals surface area contributed by atoms with Crippen LogP contribution in [0.3, 0.4) is 0 Å². The van der Waals surface area contributed by atoms with Crippen molar-refractivity contribution in [2.75, 3.05) is 11.9 Å². The van der Waals surface area contributed by atoms with Crippen LogP contribution in [0.4, 0.5) is 15.3 Å². The molecule has 3 amide bonds. The number of likely N-dealkylation sites (tertiary alicyclic amines) is 1. The molecule has 0 bridgehead atoms. The minimum atomic E-state index is -0.843. The van der Waals surface area contributed by atoms with Crippen LogP contribution in [-0.4, -0.2) is 62.9 Å². The molecule has 2 aromatic carbocycles. The van der Waals surface area contributed by atoms with E-state index in [0.29, 0.717) is 17.6 Å². The first-order chi connectivity index (χ1) is 19.8. The Kier molecular flexibility index (Phi) is 9.36. The van der Waals surface area contributed by atoms with E-state index in [1.165, 1.54) is 9.96 Å². The van der Waals surface area contributed by atoms with Gasteiger partial charge in [-0.1, -0.05) is 48.5 Å². The molecule has 0 radical (unpaired) electrons. The predicted molar refractivity (Wildman–Crippen MR) is 159 cm³/mol. The number of aromatic nitrogens is 1. The molecular weight excluding hydrogens is 536 g/mol. The molecule has 1 fully saturated rings. The maximum Gasteiger partial charge on any atom is 0.434 e. The number of nitrogens with one attached hydrogen (secondary N) is 1. The van der Waals surface area contributed by atoms with Crippen LogP contribution in [0.25, 0.3) is 10.9 Å². The lowest BCUT2D eigenvalue weighted by Crippen LogP contribution is -2.59. The third-order valence-electron chi connectivity index (χ3n) is 6.50. The van der Waals surface area contributed by atoms with Crippen molar-refractivity contribution in [1.29, 1.82) is 0 Å². The molecule has 10 heteroatoms. The zero-order chi connectivity index (χ0) is 30.5. The van der Waals surface area contributed by atoms with E-state index in [4.69, 9.17) is 14.3 Å². The minimum absolute atomic E-state index is 0.00875. The van der Waals surface area contributed by atoms with Crippen LogP contribution in [0.5, 0.6) is 0 Å². The van der Waals surface area contributed by atoms with Gasteiger partial charge in [0.1, 0.15) is 23.9 Å². The number of hydrogen-bond donors (Lipinski definition) is 1. The number of carbonyl (C=O) groups is 3. The number of ether oxygens (including phenoxy) is 2. The van der Waals surface area contributed by atoms with E-state index in [0.717, 1.165) is 10.9 Å². The Morgan fingerprint density at radius 1 is 0.905 bits per heavy atom. The summed E-state index contributed by atoms with van der Waals surface area (Å²) >= 11 is 0. The van der Waals surface area contributed by atoms with E-state index in [9.17, 15) is 14.4 Å². The molecule has 3 aromatic rings. The SMILES string of the molecule is CC(C)(C)OC(=O)N1C[C@H](N(OCc2ccccc2)C(=O)OC(C)(C)C)CC[C@H]1C(=O)Nc1cccc2cccnc12. The number of nitrogens with zero attached hydrogens (tertiary/aromatic N) is 3. The van der Waals surface area contributed by atoms with Crippen LogP contribution in [0.2, 0.25) is 0 Å². The average Bonchev–Trinajstić information content (AvgIpc) is 2.92. The summed E-state index contributed by atoms with van der Waals surface area (Å²) in [6.45, 7) is 10.7. The van der Waals surface area contributed by atoms with Crippen molar-refractivity contribution in [3.8, 4) is 0 Å². The van der Waals surface area contributed by atoms with Gasteiger partial charge in [-0.15, -0.1) is 0 Å². The zero-order valence-corrected chi connectivity index (χ0v) is 25.1. The molecule has 0 unspecified atom stereocenters. The number of hydroxylamine groups is 2. The molecule has 0 aliphatic carbocycles. The Morgan fingerprint density at radius 2 is 1.60 bits per heavy atom. The van der Waals surface area contributed by atoms with E-state index in [1.807, 2.05) is 54.6 Å². The van der Waals surface area contributed by atoms with Gasteiger partial charge in [0.15, 0.2) is 0 Å². The van der Waals surface area contributed by atoms with Crippen LogP contribution in [0.1, 0.15) is 59.9 Å². The van der Waals surface area contributed by atoms with Crippen LogP contribution in [0, 0.1) is 0 Å². The summed E-state index contributed by atoms with van der Waals surface area (Å²) in [5.41, 5.74) is 0.508. The number of anilines is 1. The minimum Gasteiger partial charge on any atom is -0.444 e. The monoisotopic (exact) mass is 576 g/mol. The molecule has 2 atom stereocenters. The second kappa shape index (κ2) is 12.8. The molecule has 224 valence electrons. The summed E-state index contributed by atoms with van der Waals surface area (Å²) in [6, 6.07) is 17.3. The van der Waals surface area contributed by atoms with Crippen molar-refractivity contribution in [2.45, 2.75) is 84.3 Å². The molecule has 42 heavy (non-hydrogen) atoms. The molecule has 1 aliphatic rings. The number of hydrogen-bond acceptors (Lipinski definition) is 7. The number of para-hydroxylation sites is 1. The Bertz CT molecular complexity index is 1390. The first-order valence-corrected chi connectivity index (χ1v) is 14.1. The van der Waals surface area contributed by atoms with Crippen molar-refractivity contribution in [1.82, 2.24) is 14.9 Å². The lowest BCUT2D eigenvalue weighted by molar-refractivity contribution is -0.189. The Labute approximate surface area is 246 Å². The van der Waals surface area contributed by atoms with Gasteiger partial charge in [-0.2, -0.15) is 5.06 Å². The quantitative estimate of drug-likeness (QED) is 0.342. The van der Waals surface area contributed by atoms with Gasteiger partial charge in [0, 0.05) is 18.1 Å². The van der Waals surface area contributed by atoms with Gasteiger partial charge in [-0.25, -0.2) is 9.59 Å². The molecule has 0 saturated carbocycles. The normalized spacial score (nSPS) is 17.4. The fraction of sp³-hybridized carbons (Fsp3) is 0.438. The van der Waals surface area contributed by atoms with Crippen LogP contribution in [-0.2, 0) is 25.7 Å². The van der Waals surface area contributed by atoms with Gasteiger partial charge >= 0.3 is 12.2 Å². The molecule has 1 N–H and O–H groups in total. The van der Waals surface area contributed by atoms with Gasteiger partial charge in [0.25, 0.3) is 0 Å². The molecule has 10 nitrogen and oxygen atoms in total. The van der Waals surface area contributed by atoms with Gasteiger partial charge in [-0.3, -0.25) is 19.5 Å². The third-order valence-corrected chi connectivity index (χ3v) is 6.50. The Balaban J connectivity index is 1.59. The predicted octanol–water partition coefficient (Wildman–Crippen LogP) is 6.31. The van der Waals surface area contributed by atoms with Crippen molar-refractivity contribution >= 4 is 34.7 Å². The van der Waals surface area contributed by atoms with Crippen molar-refractivity contribution in [3.63, 3.8) is 0 Å². The topological polar surface area (TPSA) is 110 Å². The summed E-state index contributed by atoms with van der Waals surface area (Å²) in [5.74, 6) is -0.369. The van der Waals surface area contributed by atoms with E-state index >= 15 is 0 Å². The highest BCUT2D eigenvalue weighted by atomic mass is 16.7. The molecule has 1 saturated heterocycles. The van der Waals surface area contributed by atoms with E-state index in [-0.39, 0.29) is 25.5 Å². The van der Waals surface area contributed by atoms with Crippen molar-refractivity contribution < 1.29 is 28.7 Å². The van der Waals surface area contributed by atoms with Crippen molar-refractivity contribution in [3.05, 3.63) is 72.4 Å². The smallest absolute Gasteiger partial charge is 0.434 e. The third kappa shape index (κ3) is 8.19. The highest BCUT2D eigenvalue weighted by Crippen LogP contribution is 2.28. The molecule has 1 aliphatic heterocycles. The van der Waals surface area contributed by atoms with Crippen LogP contribution in [0.15, 0.2) is 66.9 Å². The Hall–Kier alpha value is -4.18. The zero-order valence-electron chi connectivity index (χ0n) is 25.1. The number of piperidine rings is 1. The second-order valence-corrected chi connectivity index (χ2v) is 12.3. The van der Waals surface area contributed by atoms with Gasteiger partial charge in [0.05, 0.1) is 17.2 Å². The first-order valence-electron chi connectivity index (χ1n) is 14.1. The van der Waals surface area contributed by atoms with Gasteiger partial charge in [0.2, 0.25) is 5.91 Å². The van der Waals surface area contributed by atoms with Gasteiger partial charge < -0.3 is 14.8 Å². The standard InChI is InChI=1S/C32H40N4O6/c1-31(2,3)41-29(38)35-20-24(36(30(39)42-32(4,5)6)40-21-22-12-8-7-9-13-22)17-18-26(35)28(37)34-25-16-10-14-23-15-11-19-33-27(23)25/h7-16,19,24,26H,17-18,20-21H2,1-6H3,(H,34,37)/t24-,26+/m1/s1. The van der Waals surface area contributed by atoms with E-state index < -0.39 is 35.5 Å². The van der Waals surface area contributed by atoms with E-state index in [1.54, 1.807) is 53.8 Å². The number of pyridine rings is 1. The number of amides is 3. The molecular formula is C32H40N4O6. The summed E-state index contributed by atoms with van der Waals surface area (Å²) < 4.78 is 11.3. The molecule has 1 aromatic heterocycles. The maximum atomic E-state index is 13.7. The van der Waals surface area contributed by atoms with Crippen LogP contribution < -0.4 is 5.32 Å². The summed E-state index contributed by atoms with van der Waals surface area (Å²) in [5, 5.41) is 5.03. The second-order valence-electron chi connectivity index (χ2n) is 12.3. The molecule has 2 heterocycles. The highest BCUT2D eigenvalue weighted by molar-refractivity contribution is 6.03. The largest absolute Gasteiger partial charge is 0.444 e. The molecule has 4 rings (SSSR count). The first kappa shape index (κ1) is 30.8. The summed E-state index contributed by atoms with van der Waals surface area (Å²) in [6.07, 6.45) is 0.991. The average molecular weight is 577 g/mol. The van der Waals surface area contributed by atoms with E-state index in [2.05, 4.69) is 10.3 Å². The summed E-state index contributed by atoms with van der Waals surface area (Å²) in [7, 11) is 0. The number of rotatable bonds is 6.